The summed E-state index contributed by atoms with van der Waals surface area (Å²) in [5.41, 5.74) is 4.15. The summed E-state index contributed by atoms with van der Waals surface area (Å²) in [5, 5.41) is 18.4. The Morgan fingerprint density at radius 1 is 1.03 bits per heavy atom. The topological polar surface area (TPSA) is 90.5 Å². The summed E-state index contributed by atoms with van der Waals surface area (Å²) in [6, 6.07) is 10.7. The van der Waals surface area contributed by atoms with Crippen molar-refractivity contribution in [2.75, 3.05) is 19.8 Å². The lowest BCUT2D eigenvalue weighted by Gasteiger charge is -2.17. The van der Waals surface area contributed by atoms with E-state index in [1.807, 2.05) is 0 Å². The third-order valence-electron chi connectivity index (χ3n) is 4.65. The molecule has 0 spiro atoms. The zero-order valence-corrected chi connectivity index (χ0v) is 19.3. The molecule has 1 heterocycles. The molecule has 178 valence electrons. The summed E-state index contributed by atoms with van der Waals surface area (Å²) in [5.74, 6) is 0.415. The molecular formula is C22H23ClF3N3O3S. The highest BCUT2D eigenvalue weighted by Gasteiger charge is 2.35. The fourth-order valence-electron chi connectivity index (χ4n) is 2.76. The molecule has 0 aliphatic carbocycles. The molecule has 0 radical (unpaired) electrons. The highest BCUT2D eigenvalue weighted by molar-refractivity contribution is 7.14. The molecule has 1 aromatic heterocycles. The number of alkyl halides is 3. The van der Waals surface area contributed by atoms with E-state index in [1.165, 1.54) is 12.1 Å². The SMILES string of the molecule is CC(N)(CO)c1nnc(-c2ccc(OCCCCOc3ccc(Cl)cc3)c(C(F)(F)F)c2)s1. The van der Waals surface area contributed by atoms with Crippen molar-refractivity contribution in [2.45, 2.75) is 31.5 Å². The molecule has 11 heteroatoms. The summed E-state index contributed by atoms with van der Waals surface area (Å²) >= 11 is 6.85. The summed E-state index contributed by atoms with van der Waals surface area (Å²) < 4.78 is 51.9. The first-order chi connectivity index (χ1) is 15.6. The number of benzene rings is 2. The van der Waals surface area contributed by atoms with Crippen LogP contribution >= 0.6 is 22.9 Å². The lowest BCUT2D eigenvalue weighted by molar-refractivity contribution is -0.138. The molecule has 1 atom stereocenters. The van der Waals surface area contributed by atoms with Crippen LogP contribution in [0.15, 0.2) is 42.5 Å². The number of nitrogens with two attached hydrogens (primary N) is 1. The number of aromatic nitrogens is 2. The summed E-state index contributed by atoms with van der Waals surface area (Å²) in [6.07, 6.45) is -3.48. The molecule has 0 saturated heterocycles. The molecule has 0 fully saturated rings. The van der Waals surface area contributed by atoms with Crippen LogP contribution in [0.1, 0.15) is 30.3 Å². The van der Waals surface area contributed by atoms with Gasteiger partial charge >= 0.3 is 6.18 Å². The van der Waals surface area contributed by atoms with Crippen LogP contribution in [0.5, 0.6) is 11.5 Å². The maximum atomic E-state index is 13.6. The lowest BCUT2D eigenvalue weighted by Crippen LogP contribution is -2.36. The van der Waals surface area contributed by atoms with Crippen LogP contribution in [0.4, 0.5) is 13.2 Å². The van der Waals surface area contributed by atoms with E-state index in [1.54, 1.807) is 31.2 Å². The van der Waals surface area contributed by atoms with Crippen LogP contribution in [0.2, 0.25) is 5.02 Å². The van der Waals surface area contributed by atoms with Crippen molar-refractivity contribution >= 4 is 22.9 Å². The van der Waals surface area contributed by atoms with Crippen molar-refractivity contribution in [3.05, 3.63) is 58.1 Å². The average molecular weight is 502 g/mol. The predicted octanol–water partition coefficient (Wildman–Crippen LogP) is 5.28. The van der Waals surface area contributed by atoms with Crippen molar-refractivity contribution in [2.24, 2.45) is 5.73 Å². The van der Waals surface area contributed by atoms with E-state index >= 15 is 0 Å². The van der Waals surface area contributed by atoms with Gasteiger partial charge in [0.2, 0.25) is 0 Å². The van der Waals surface area contributed by atoms with Gasteiger partial charge in [-0.15, -0.1) is 10.2 Å². The van der Waals surface area contributed by atoms with Crippen molar-refractivity contribution in [1.82, 2.24) is 10.2 Å². The van der Waals surface area contributed by atoms with Crippen molar-refractivity contribution in [1.29, 1.82) is 0 Å². The van der Waals surface area contributed by atoms with E-state index in [2.05, 4.69) is 10.2 Å². The third kappa shape index (κ3) is 6.80. The Labute approximate surface area is 198 Å². The summed E-state index contributed by atoms with van der Waals surface area (Å²) in [7, 11) is 0. The molecule has 2 aromatic carbocycles. The van der Waals surface area contributed by atoms with Crippen molar-refractivity contribution < 1.29 is 27.8 Å². The number of halogens is 4. The maximum Gasteiger partial charge on any atom is 0.419 e. The van der Waals surface area contributed by atoms with Crippen molar-refractivity contribution in [3.63, 3.8) is 0 Å². The Morgan fingerprint density at radius 3 is 2.33 bits per heavy atom. The molecule has 0 aliphatic rings. The zero-order valence-electron chi connectivity index (χ0n) is 17.7. The number of nitrogens with zero attached hydrogens (tertiary/aromatic N) is 2. The molecule has 0 saturated carbocycles. The molecule has 0 amide bonds. The molecular weight excluding hydrogens is 479 g/mol. The standard InChI is InChI=1S/C22H23ClF3N3O3S/c1-21(27,13-30)20-29-28-19(33-20)14-4-9-18(17(12-14)22(24,25)26)32-11-3-2-10-31-16-7-5-15(23)6-8-16/h4-9,12,30H,2-3,10-11,13,27H2,1H3. The molecule has 3 N–H and O–H groups in total. The summed E-state index contributed by atoms with van der Waals surface area (Å²) in [6.45, 7) is 1.71. The molecule has 6 nitrogen and oxygen atoms in total. The van der Waals surface area contributed by atoms with Gasteiger partial charge < -0.3 is 20.3 Å². The van der Waals surface area contributed by atoms with E-state index in [-0.39, 0.29) is 29.5 Å². The highest BCUT2D eigenvalue weighted by Crippen LogP contribution is 2.39. The van der Waals surface area contributed by atoms with E-state index in [9.17, 15) is 18.3 Å². The van der Waals surface area contributed by atoms with Gasteiger partial charge in [0.05, 0.1) is 30.9 Å². The number of hydrogen-bond acceptors (Lipinski definition) is 7. The first-order valence-corrected chi connectivity index (χ1v) is 11.3. The smallest absolute Gasteiger partial charge is 0.419 e. The number of aliphatic hydroxyl groups excluding tert-OH is 1. The second kappa shape index (κ2) is 10.7. The van der Waals surface area contributed by atoms with Gasteiger partial charge in [-0.1, -0.05) is 22.9 Å². The molecule has 3 aromatic rings. The van der Waals surface area contributed by atoms with Gasteiger partial charge in [-0.05, 0) is 62.2 Å². The Kier molecular flexibility index (Phi) is 8.17. The van der Waals surface area contributed by atoms with E-state index < -0.39 is 17.3 Å². The number of aliphatic hydroxyl groups is 1. The Morgan fingerprint density at radius 2 is 1.70 bits per heavy atom. The number of ether oxygens (including phenoxy) is 2. The first kappa shape index (κ1) is 25.2. The quantitative estimate of drug-likeness (QED) is 0.367. The monoisotopic (exact) mass is 501 g/mol. The molecule has 0 aliphatic heterocycles. The number of rotatable bonds is 10. The van der Waals surface area contributed by atoms with Crippen LogP contribution in [0.25, 0.3) is 10.6 Å². The normalized spacial score (nSPS) is 13.5. The minimum atomic E-state index is -4.61. The fourth-order valence-corrected chi connectivity index (χ4v) is 3.77. The second-order valence-electron chi connectivity index (χ2n) is 7.55. The first-order valence-electron chi connectivity index (χ1n) is 10.1. The van der Waals surface area contributed by atoms with Gasteiger partial charge in [0, 0.05) is 10.6 Å². The largest absolute Gasteiger partial charge is 0.494 e. The highest BCUT2D eigenvalue weighted by atomic mass is 35.5. The van der Waals surface area contributed by atoms with Crippen LogP contribution in [-0.2, 0) is 11.7 Å². The second-order valence-corrected chi connectivity index (χ2v) is 8.97. The Balaban J connectivity index is 1.61. The van der Waals surface area contributed by atoms with Gasteiger partial charge in [-0.3, -0.25) is 0 Å². The molecule has 33 heavy (non-hydrogen) atoms. The Bertz CT molecular complexity index is 1060. The predicted molar refractivity (Wildman–Crippen MR) is 121 cm³/mol. The number of unbranched alkanes of at least 4 members (excludes halogenated alkanes) is 1. The average Bonchev–Trinajstić information content (AvgIpc) is 3.28. The van der Waals surface area contributed by atoms with Gasteiger partial charge in [0.1, 0.15) is 21.5 Å². The third-order valence-corrected chi connectivity index (χ3v) is 6.16. The van der Waals surface area contributed by atoms with Gasteiger partial charge in [-0.25, -0.2) is 0 Å². The molecule has 3 rings (SSSR count). The minimum Gasteiger partial charge on any atom is -0.494 e. The van der Waals surface area contributed by atoms with E-state index in [0.717, 1.165) is 17.4 Å². The lowest BCUT2D eigenvalue weighted by atomic mass is 10.1. The van der Waals surface area contributed by atoms with Crippen LogP contribution in [-0.4, -0.2) is 35.1 Å². The summed E-state index contributed by atoms with van der Waals surface area (Å²) in [4.78, 5) is 0. The zero-order chi connectivity index (χ0) is 24.1. The van der Waals surface area contributed by atoms with Gasteiger partial charge in [0.25, 0.3) is 0 Å². The molecule has 1 unspecified atom stereocenters. The van der Waals surface area contributed by atoms with Crippen LogP contribution in [0, 0.1) is 0 Å². The maximum absolute atomic E-state index is 13.6. The minimum absolute atomic E-state index is 0.109. The van der Waals surface area contributed by atoms with Gasteiger partial charge in [-0.2, -0.15) is 13.2 Å². The Hall–Kier alpha value is -2.40. The van der Waals surface area contributed by atoms with Crippen LogP contribution < -0.4 is 15.2 Å². The van der Waals surface area contributed by atoms with Crippen LogP contribution in [0.3, 0.4) is 0 Å². The molecule has 0 bridgehead atoms. The van der Waals surface area contributed by atoms with E-state index in [4.69, 9.17) is 26.8 Å². The fraction of sp³-hybridized carbons (Fsp3) is 0.364. The number of hydrogen-bond donors (Lipinski definition) is 2. The van der Waals surface area contributed by atoms with E-state index in [0.29, 0.717) is 35.2 Å². The van der Waals surface area contributed by atoms with Crippen molar-refractivity contribution in [3.8, 4) is 22.1 Å². The van der Waals surface area contributed by atoms with Gasteiger partial charge in [0.15, 0.2) is 0 Å².